The molecule has 1 aromatic heterocycles. The van der Waals surface area contributed by atoms with Crippen LogP contribution in [0.2, 0.25) is 0 Å². The summed E-state index contributed by atoms with van der Waals surface area (Å²) in [4.78, 5) is 31.7. The molecule has 0 spiro atoms. The SMILES string of the molecule is CC1CCCCN1Cc1ccccc1CNC(=O)Cn1cnc2ccc(F)cc2c1=O. The maximum absolute atomic E-state index is 13.5. The first-order chi connectivity index (χ1) is 15.0. The molecule has 1 unspecified atom stereocenters. The number of carbonyl (C=O) groups excluding carboxylic acids is 1. The Labute approximate surface area is 180 Å². The van der Waals surface area contributed by atoms with Crippen LogP contribution in [-0.2, 0) is 24.4 Å². The molecule has 1 fully saturated rings. The predicted octanol–water partition coefficient (Wildman–Crippen LogP) is 3.23. The first-order valence-corrected chi connectivity index (χ1v) is 10.7. The molecule has 0 aliphatic carbocycles. The summed E-state index contributed by atoms with van der Waals surface area (Å²) in [6.07, 6.45) is 5.05. The number of likely N-dealkylation sites (tertiary alicyclic amines) is 1. The van der Waals surface area contributed by atoms with Gasteiger partial charge in [-0.2, -0.15) is 0 Å². The highest BCUT2D eigenvalue weighted by molar-refractivity contribution is 5.79. The van der Waals surface area contributed by atoms with Crippen LogP contribution in [0.25, 0.3) is 10.9 Å². The molecular formula is C24H27FN4O2. The van der Waals surface area contributed by atoms with Crippen LogP contribution in [0.1, 0.15) is 37.3 Å². The van der Waals surface area contributed by atoms with Crippen molar-refractivity contribution in [3.8, 4) is 0 Å². The van der Waals surface area contributed by atoms with Crippen LogP contribution in [0.15, 0.2) is 53.6 Å². The van der Waals surface area contributed by atoms with Crippen molar-refractivity contribution in [3.05, 3.63) is 76.1 Å². The van der Waals surface area contributed by atoms with Gasteiger partial charge in [-0.3, -0.25) is 19.1 Å². The molecule has 1 atom stereocenters. The molecule has 1 aliphatic heterocycles. The van der Waals surface area contributed by atoms with Crippen molar-refractivity contribution in [2.75, 3.05) is 6.54 Å². The summed E-state index contributed by atoms with van der Waals surface area (Å²) in [5, 5.41) is 3.07. The summed E-state index contributed by atoms with van der Waals surface area (Å²) < 4.78 is 14.7. The number of benzene rings is 2. The molecule has 2 heterocycles. The minimum absolute atomic E-state index is 0.163. The second kappa shape index (κ2) is 9.39. The topological polar surface area (TPSA) is 67.2 Å². The second-order valence-electron chi connectivity index (χ2n) is 8.20. The number of halogens is 1. The van der Waals surface area contributed by atoms with E-state index in [4.69, 9.17) is 0 Å². The van der Waals surface area contributed by atoms with Gasteiger partial charge in [0.2, 0.25) is 5.91 Å². The predicted molar refractivity (Wildman–Crippen MR) is 118 cm³/mol. The van der Waals surface area contributed by atoms with Crippen molar-refractivity contribution < 1.29 is 9.18 Å². The van der Waals surface area contributed by atoms with Gasteiger partial charge in [0.15, 0.2) is 0 Å². The number of hydrogen-bond acceptors (Lipinski definition) is 4. The lowest BCUT2D eigenvalue weighted by molar-refractivity contribution is -0.121. The van der Waals surface area contributed by atoms with Crippen LogP contribution in [0.5, 0.6) is 0 Å². The Morgan fingerprint density at radius 2 is 2.00 bits per heavy atom. The Morgan fingerprint density at radius 1 is 1.19 bits per heavy atom. The van der Waals surface area contributed by atoms with E-state index in [1.807, 2.05) is 18.2 Å². The van der Waals surface area contributed by atoms with E-state index in [1.165, 1.54) is 47.9 Å². The highest BCUT2D eigenvalue weighted by atomic mass is 19.1. The van der Waals surface area contributed by atoms with Crippen LogP contribution in [-0.4, -0.2) is 32.9 Å². The molecule has 0 radical (unpaired) electrons. The van der Waals surface area contributed by atoms with E-state index in [2.05, 4.69) is 28.2 Å². The monoisotopic (exact) mass is 422 g/mol. The number of aromatic nitrogens is 2. The molecule has 1 N–H and O–H groups in total. The molecule has 6 nitrogen and oxygen atoms in total. The third kappa shape index (κ3) is 4.99. The number of nitrogens with one attached hydrogen (secondary N) is 1. The lowest BCUT2D eigenvalue weighted by atomic mass is 10.0. The Kier molecular flexibility index (Phi) is 6.42. The average molecular weight is 423 g/mol. The Balaban J connectivity index is 1.42. The van der Waals surface area contributed by atoms with E-state index in [1.54, 1.807) is 0 Å². The van der Waals surface area contributed by atoms with Crippen molar-refractivity contribution in [2.24, 2.45) is 0 Å². The lowest BCUT2D eigenvalue weighted by Gasteiger charge is -2.33. The smallest absolute Gasteiger partial charge is 0.261 e. The fraction of sp³-hybridized carbons (Fsp3) is 0.375. The highest BCUT2D eigenvalue weighted by Crippen LogP contribution is 2.20. The minimum Gasteiger partial charge on any atom is -0.350 e. The summed E-state index contributed by atoms with van der Waals surface area (Å²) in [5.41, 5.74) is 2.25. The number of nitrogens with zero attached hydrogens (tertiary/aromatic N) is 3. The summed E-state index contributed by atoms with van der Waals surface area (Å²) in [6.45, 7) is 4.46. The molecule has 1 amide bonds. The maximum Gasteiger partial charge on any atom is 0.261 e. The van der Waals surface area contributed by atoms with E-state index in [-0.39, 0.29) is 17.8 Å². The van der Waals surface area contributed by atoms with E-state index in [0.717, 1.165) is 24.7 Å². The summed E-state index contributed by atoms with van der Waals surface area (Å²) in [7, 11) is 0. The minimum atomic E-state index is -0.506. The summed E-state index contributed by atoms with van der Waals surface area (Å²) in [5.74, 6) is -0.797. The van der Waals surface area contributed by atoms with E-state index in [0.29, 0.717) is 18.1 Å². The molecule has 31 heavy (non-hydrogen) atoms. The molecule has 2 aromatic carbocycles. The van der Waals surface area contributed by atoms with Crippen molar-refractivity contribution in [3.63, 3.8) is 0 Å². The van der Waals surface area contributed by atoms with Gasteiger partial charge < -0.3 is 5.32 Å². The Bertz CT molecular complexity index is 1140. The standard InChI is InChI=1S/C24H27FN4O2/c1-17-6-4-5-11-28(17)14-19-8-3-2-7-18(19)13-26-23(30)15-29-16-27-22-10-9-20(25)12-21(22)24(29)31/h2-3,7-10,12,16-17H,4-6,11,13-15H2,1H3,(H,26,30). The van der Waals surface area contributed by atoms with Gasteiger partial charge in [0.25, 0.3) is 5.56 Å². The Morgan fingerprint density at radius 3 is 2.81 bits per heavy atom. The van der Waals surface area contributed by atoms with E-state index in [9.17, 15) is 14.0 Å². The molecule has 4 rings (SSSR count). The molecule has 1 aliphatic rings. The zero-order valence-corrected chi connectivity index (χ0v) is 17.7. The van der Waals surface area contributed by atoms with Crippen molar-refractivity contribution in [1.29, 1.82) is 0 Å². The van der Waals surface area contributed by atoms with Gasteiger partial charge in [0.05, 0.1) is 17.2 Å². The van der Waals surface area contributed by atoms with Crippen LogP contribution in [0, 0.1) is 5.82 Å². The quantitative estimate of drug-likeness (QED) is 0.662. The van der Waals surface area contributed by atoms with Gasteiger partial charge in [-0.15, -0.1) is 0 Å². The third-order valence-corrected chi connectivity index (χ3v) is 6.01. The first-order valence-electron chi connectivity index (χ1n) is 10.7. The lowest BCUT2D eigenvalue weighted by Crippen LogP contribution is -2.37. The summed E-state index contributed by atoms with van der Waals surface area (Å²) in [6, 6.07) is 12.5. The fourth-order valence-electron chi connectivity index (χ4n) is 4.14. The molecule has 1 saturated heterocycles. The highest BCUT2D eigenvalue weighted by Gasteiger charge is 2.19. The van der Waals surface area contributed by atoms with Gasteiger partial charge in [-0.25, -0.2) is 9.37 Å². The van der Waals surface area contributed by atoms with E-state index >= 15 is 0 Å². The molecule has 0 saturated carbocycles. The van der Waals surface area contributed by atoms with Crippen molar-refractivity contribution in [2.45, 2.75) is 51.9 Å². The van der Waals surface area contributed by atoms with Gasteiger partial charge in [-0.1, -0.05) is 30.7 Å². The maximum atomic E-state index is 13.5. The number of piperidine rings is 1. The van der Waals surface area contributed by atoms with Gasteiger partial charge >= 0.3 is 0 Å². The number of amides is 1. The van der Waals surface area contributed by atoms with E-state index < -0.39 is 11.4 Å². The number of fused-ring (bicyclic) bond motifs is 1. The number of rotatable bonds is 6. The fourth-order valence-corrected chi connectivity index (χ4v) is 4.14. The molecular weight excluding hydrogens is 395 g/mol. The van der Waals surface area contributed by atoms with Crippen LogP contribution < -0.4 is 10.9 Å². The average Bonchev–Trinajstić information content (AvgIpc) is 2.77. The van der Waals surface area contributed by atoms with Crippen LogP contribution in [0.4, 0.5) is 4.39 Å². The normalized spacial score (nSPS) is 17.0. The first kappa shape index (κ1) is 21.2. The second-order valence-corrected chi connectivity index (χ2v) is 8.20. The van der Waals surface area contributed by atoms with Crippen molar-refractivity contribution in [1.82, 2.24) is 19.8 Å². The van der Waals surface area contributed by atoms with Gasteiger partial charge in [-0.05, 0) is 55.6 Å². The number of hydrogen-bond donors (Lipinski definition) is 1. The van der Waals surface area contributed by atoms with Crippen LogP contribution >= 0.6 is 0 Å². The van der Waals surface area contributed by atoms with Gasteiger partial charge in [0, 0.05) is 19.1 Å². The molecule has 0 bridgehead atoms. The molecule has 3 aromatic rings. The number of carbonyl (C=O) groups is 1. The van der Waals surface area contributed by atoms with Crippen LogP contribution in [0.3, 0.4) is 0 Å². The third-order valence-electron chi connectivity index (χ3n) is 6.01. The summed E-state index contributed by atoms with van der Waals surface area (Å²) >= 11 is 0. The molecule has 7 heteroatoms. The zero-order chi connectivity index (χ0) is 21.8. The Hall–Kier alpha value is -3.06. The van der Waals surface area contributed by atoms with Gasteiger partial charge in [0.1, 0.15) is 12.4 Å². The largest absolute Gasteiger partial charge is 0.350 e. The van der Waals surface area contributed by atoms with Crippen molar-refractivity contribution >= 4 is 16.8 Å². The molecule has 162 valence electrons. The zero-order valence-electron chi connectivity index (χ0n) is 17.7.